The minimum absolute atomic E-state index is 0.279. The van der Waals surface area contributed by atoms with E-state index in [9.17, 15) is 4.79 Å². The van der Waals surface area contributed by atoms with Gasteiger partial charge in [-0.3, -0.25) is 0 Å². The summed E-state index contributed by atoms with van der Waals surface area (Å²) in [7, 11) is 0. The van der Waals surface area contributed by atoms with Gasteiger partial charge in [0.05, 0.1) is 16.3 Å². The average Bonchev–Trinajstić information content (AvgIpc) is 2.45. The molecular formula is C15H11Cl2NO2. The third-order valence-corrected chi connectivity index (χ3v) is 3.20. The van der Waals surface area contributed by atoms with Crippen LogP contribution >= 0.6 is 23.2 Å². The van der Waals surface area contributed by atoms with Crippen molar-refractivity contribution >= 4 is 34.9 Å². The smallest absolute Gasteiger partial charge is 0.312 e. The molecule has 102 valence electrons. The molecule has 0 saturated carbocycles. The Bertz CT molecular complexity index is 651. The number of halogens is 2. The quantitative estimate of drug-likeness (QED) is 0.473. The molecule has 0 aliphatic heterocycles. The van der Waals surface area contributed by atoms with Crippen LogP contribution in [0.15, 0.2) is 53.7 Å². The SMILES string of the molecule is C/C(=N\OC(=O)c1ccccc1Cl)c1ccc(Cl)cc1. The van der Waals surface area contributed by atoms with Gasteiger partial charge in [-0.15, -0.1) is 0 Å². The van der Waals surface area contributed by atoms with Gasteiger partial charge in [0.1, 0.15) is 0 Å². The van der Waals surface area contributed by atoms with Crippen LogP contribution in [0.1, 0.15) is 22.8 Å². The lowest BCUT2D eigenvalue weighted by Gasteiger charge is -2.03. The molecule has 0 fully saturated rings. The Morgan fingerprint density at radius 3 is 2.35 bits per heavy atom. The topological polar surface area (TPSA) is 38.7 Å². The summed E-state index contributed by atoms with van der Waals surface area (Å²) < 4.78 is 0. The molecule has 0 aliphatic carbocycles. The van der Waals surface area contributed by atoms with Crippen LogP contribution in [0.3, 0.4) is 0 Å². The van der Waals surface area contributed by atoms with E-state index in [0.29, 0.717) is 15.8 Å². The highest BCUT2D eigenvalue weighted by Gasteiger charge is 2.11. The van der Waals surface area contributed by atoms with Gasteiger partial charge in [-0.1, -0.05) is 52.6 Å². The van der Waals surface area contributed by atoms with Crippen LogP contribution in [0.25, 0.3) is 0 Å². The number of benzene rings is 2. The fraction of sp³-hybridized carbons (Fsp3) is 0.0667. The lowest BCUT2D eigenvalue weighted by Crippen LogP contribution is -2.04. The second-order valence-corrected chi connectivity index (χ2v) is 4.89. The number of nitrogens with zero attached hydrogens (tertiary/aromatic N) is 1. The summed E-state index contributed by atoms with van der Waals surface area (Å²) in [6, 6.07) is 13.7. The van der Waals surface area contributed by atoms with Crippen LogP contribution in [0.4, 0.5) is 0 Å². The Morgan fingerprint density at radius 1 is 1.05 bits per heavy atom. The third-order valence-electron chi connectivity index (χ3n) is 2.62. The lowest BCUT2D eigenvalue weighted by molar-refractivity contribution is 0.0516. The average molecular weight is 308 g/mol. The fourth-order valence-corrected chi connectivity index (χ4v) is 1.87. The maximum atomic E-state index is 11.8. The third kappa shape index (κ3) is 3.59. The lowest BCUT2D eigenvalue weighted by atomic mass is 10.1. The fourth-order valence-electron chi connectivity index (χ4n) is 1.53. The molecule has 0 saturated heterocycles. The number of hydrogen-bond donors (Lipinski definition) is 0. The Labute approximate surface area is 126 Å². The first kappa shape index (κ1) is 14.6. The van der Waals surface area contributed by atoms with Crippen molar-refractivity contribution in [1.29, 1.82) is 0 Å². The summed E-state index contributed by atoms with van der Waals surface area (Å²) in [5.74, 6) is -0.594. The summed E-state index contributed by atoms with van der Waals surface area (Å²) in [5.41, 5.74) is 1.67. The van der Waals surface area contributed by atoms with E-state index in [2.05, 4.69) is 5.16 Å². The molecule has 0 heterocycles. The van der Waals surface area contributed by atoms with Crippen molar-refractivity contribution in [3.8, 4) is 0 Å². The van der Waals surface area contributed by atoms with E-state index in [1.165, 1.54) is 0 Å². The van der Waals surface area contributed by atoms with Gasteiger partial charge >= 0.3 is 5.97 Å². The van der Waals surface area contributed by atoms with Crippen molar-refractivity contribution in [2.75, 3.05) is 0 Å². The zero-order valence-electron chi connectivity index (χ0n) is 10.6. The Hall–Kier alpha value is -1.84. The van der Waals surface area contributed by atoms with Gasteiger partial charge in [-0.25, -0.2) is 4.79 Å². The second kappa shape index (κ2) is 6.55. The van der Waals surface area contributed by atoms with E-state index in [0.717, 1.165) is 5.56 Å². The van der Waals surface area contributed by atoms with E-state index in [1.54, 1.807) is 55.5 Å². The molecule has 0 aromatic heterocycles. The van der Waals surface area contributed by atoms with Crippen LogP contribution in [0.5, 0.6) is 0 Å². The van der Waals surface area contributed by atoms with Crippen LogP contribution in [-0.2, 0) is 4.84 Å². The molecule has 0 atom stereocenters. The number of oxime groups is 1. The van der Waals surface area contributed by atoms with E-state index < -0.39 is 5.97 Å². The van der Waals surface area contributed by atoms with Gasteiger partial charge < -0.3 is 4.84 Å². The van der Waals surface area contributed by atoms with Crippen molar-refractivity contribution in [1.82, 2.24) is 0 Å². The van der Waals surface area contributed by atoms with Crippen LogP contribution in [0.2, 0.25) is 10.0 Å². The first-order valence-electron chi connectivity index (χ1n) is 5.84. The highest BCUT2D eigenvalue weighted by atomic mass is 35.5. The largest absolute Gasteiger partial charge is 0.367 e. The maximum Gasteiger partial charge on any atom is 0.367 e. The van der Waals surface area contributed by atoms with Crippen LogP contribution in [0, 0.1) is 0 Å². The number of carbonyl (C=O) groups excluding carboxylic acids is 1. The van der Waals surface area contributed by atoms with Crippen LogP contribution in [-0.4, -0.2) is 11.7 Å². The Kier molecular flexibility index (Phi) is 4.77. The van der Waals surface area contributed by atoms with Crippen LogP contribution < -0.4 is 0 Å². The zero-order chi connectivity index (χ0) is 14.5. The molecule has 0 spiro atoms. The van der Waals surface area contributed by atoms with Gasteiger partial charge in [-0.05, 0) is 36.8 Å². The monoisotopic (exact) mass is 307 g/mol. The van der Waals surface area contributed by atoms with Gasteiger partial charge in [0.15, 0.2) is 0 Å². The van der Waals surface area contributed by atoms with Gasteiger partial charge in [0, 0.05) is 5.02 Å². The normalized spacial score (nSPS) is 11.2. The van der Waals surface area contributed by atoms with Crippen molar-refractivity contribution in [3.63, 3.8) is 0 Å². The van der Waals surface area contributed by atoms with Crippen molar-refractivity contribution in [2.45, 2.75) is 6.92 Å². The molecule has 0 N–H and O–H groups in total. The van der Waals surface area contributed by atoms with Gasteiger partial charge in [-0.2, -0.15) is 0 Å². The zero-order valence-corrected chi connectivity index (χ0v) is 12.2. The molecule has 20 heavy (non-hydrogen) atoms. The molecule has 0 bridgehead atoms. The molecule has 2 aromatic rings. The van der Waals surface area contributed by atoms with E-state index in [1.807, 2.05) is 0 Å². The number of carbonyl (C=O) groups is 1. The predicted molar refractivity (Wildman–Crippen MR) is 80.5 cm³/mol. The van der Waals surface area contributed by atoms with Gasteiger partial charge in [0.2, 0.25) is 0 Å². The summed E-state index contributed by atoms with van der Waals surface area (Å²) in [6.45, 7) is 1.74. The van der Waals surface area contributed by atoms with E-state index in [4.69, 9.17) is 28.0 Å². The second-order valence-electron chi connectivity index (χ2n) is 4.04. The van der Waals surface area contributed by atoms with Crippen molar-refractivity contribution in [3.05, 3.63) is 69.7 Å². The Morgan fingerprint density at radius 2 is 1.70 bits per heavy atom. The maximum absolute atomic E-state index is 11.8. The number of hydrogen-bond acceptors (Lipinski definition) is 3. The first-order chi connectivity index (χ1) is 9.58. The molecule has 0 unspecified atom stereocenters. The highest BCUT2D eigenvalue weighted by Crippen LogP contribution is 2.16. The summed E-state index contributed by atoms with van der Waals surface area (Å²) in [6.07, 6.45) is 0. The molecule has 2 aromatic carbocycles. The first-order valence-corrected chi connectivity index (χ1v) is 6.60. The molecule has 0 aliphatic rings. The minimum atomic E-state index is -0.594. The van der Waals surface area contributed by atoms with Gasteiger partial charge in [0.25, 0.3) is 0 Å². The number of rotatable bonds is 3. The molecule has 0 radical (unpaired) electrons. The highest BCUT2D eigenvalue weighted by molar-refractivity contribution is 6.33. The van der Waals surface area contributed by atoms with E-state index in [-0.39, 0.29) is 5.56 Å². The van der Waals surface area contributed by atoms with E-state index >= 15 is 0 Å². The summed E-state index contributed by atoms with van der Waals surface area (Å²) >= 11 is 11.7. The van der Waals surface area contributed by atoms with Crippen molar-refractivity contribution in [2.24, 2.45) is 5.16 Å². The summed E-state index contributed by atoms with van der Waals surface area (Å²) in [4.78, 5) is 16.7. The summed E-state index contributed by atoms with van der Waals surface area (Å²) in [5, 5.41) is 4.77. The molecule has 0 amide bonds. The molecule has 5 heteroatoms. The minimum Gasteiger partial charge on any atom is -0.312 e. The van der Waals surface area contributed by atoms with Crippen molar-refractivity contribution < 1.29 is 9.63 Å². The Balaban J connectivity index is 2.11. The molecular weight excluding hydrogens is 297 g/mol. The molecule has 3 nitrogen and oxygen atoms in total. The standard InChI is InChI=1S/C15H11Cl2NO2/c1-10(11-6-8-12(16)9-7-11)18-20-15(19)13-4-2-3-5-14(13)17/h2-9H,1H3/b18-10+. The predicted octanol–water partition coefficient (Wildman–Crippen LogP) is 4.57. The molecule has 2 rings (SSSR count).